The van der Waals surface area contributed by atoms with Crippen molar-refractivity contribution in [2.75, 3.05) is 31.2 Å². The van der Waals surface area contributed by atoms with Crippen molar-refractivity contribution in [1.29, 1.82) is 0 Å². The van der Waals surface area contributed by atoms with E-state index < -0.39 is 43.5 Å². The fourth-order valence-electron chi connectivity index (χ4n) is 8.77. The number of phenols is 1. The van der Waals surface area contributed by atoms with E-state index in [1.54, 1.807) is 30.3 Å². The third-order valence-corrected chi connectivity index (χ3v) is 15.9. The van der Waals surface area contributed by atoms with Gasteiger partial charge in [-0.2, -0.15) is 0 Å². The molecule has 3 N–H and O–H groups in total. The van der Waals surface area contributed by atoms with E-state index in [-0.39, 0.29) is 40.5 Å². The topological polar surface area (TPSA) is 155 Å². The number of hydrazine groups is 1. The first-order valence-corrected chi connectivity index (χ1v) is 24.4. The number of cyclic esters (lactones) is 1. The number of benzene rings is 2. The second-order valence-electron chi connectivity index (χ2n) is 17.0. The first-order valence-electron chi connectivity index (χ1n) is 20.7. The molecule has 2 atom stereocenters. The minimum absolute atomic E-state index is 0.0310. The van der Waals surface area contributed by atoms with Gasteiger partial charge in [0.1, 0.15) is 0 Å². The molecule has 2 aromatic heterocycles. The van der Waals surface area contributed by atoms with E-state index in [9.17, 15) is 24.3 Å². The Morgan fingerprint density at radius 3 is 2.64 bits per heavy atom. The number of rotatable bonds is 8. The number of piperidine rings is 1. The van der Waals surface area contributed by atoms with Crippen LogP contribution in [0.3, 0.4) is 0 Å². The van der Waals surface area contributed by atoms with Crippen molar-refractivity contribution in [2.24, 2.45) is 11.3 Å². The van der Waals surface area contributed by atoms with Crippen molar-refractivity contribution in [3.8, 4) is 28.1 Å². The minimum atomic E-state index is -2.71. The Balaban J connectivity index is 1.36. The molecule has 2 aromatic carbocycles. The number of nitrogens with zero attached hydrogens (tertiary/aromatic N) is 4. The van der Waals surface area contributed by atoms with Crippen molar-refractivity contribution in [1.82, 2.24) is 28.4 Å². The van der Waals surface area contributed by atoms with Gasteiger partial charge in [-0.25, -0.2) is 0 Å². The number of fused-ring (bicyclic) bond motifs is 6. The third-order valence-electron chi connectivity index (χ3n) is 11.5. The number of hydrogen-bond donors (Lipinski definition) is 3. The maximum absolute atomic E-state index is 14.6. The number of halogens is 1. The van der Waals surface area contributed by atoms with Gasteiger partial charge in [0.25, 0.3) is 0 Å². The second-order valence-corrected chi connectivity index (χ2v) is 21.5. The quantitative estimate of drug-likeness (QED) is 0.0722. The predicted octanol–water partition coefficient (Wildman–Crippen LogP) is 7.18. The molecule has 0 spiro atoms. The van der Waals surface area contributed by atoms with E-state index in [1.807, 2.05) is 38.2 Å². The molecule has 3 amide bonds. The number of aromatic nitrogens is 2. The molecule has 0 radical (unpaired) electrons. The number of phenolic OH excluding ortho intramolecular Hbond substituents is 1. The SMILES string of the molecule is CCn1c(-c2cnccc2COC)c2c3cc(ccc31)-c1cc(O)cc(c1)C[C@H](NC(=O)[C@H](C(C)C)N1CCCCC1=O)C(=O)N1CCCI(N1)C(=O)OCC(C)(C)C2. The summed E-state index contributed by atoms with van der Waals surface area (Å²) in [5.41, 5.74) is 6.94. The van der Waals surface area contributed by atoms with Crippen LogP contribution in [0.5, 0.6) is 5.75 Å². The maximum atomic E-state index is 14.6. The fraction of sp³-hybridized carbons (Fsp3) is 0.489. The number of pyridine rings is 1. The first kappa shape index (κ1) is 42.6. The van der Waals surface area contributed by atoms with Crippen molar-refractivity contribution in [2.45, 2.75) is 98.4 Å². The summed E-state index contributed by atoms with van der Waals surface area (Å²) in [6, 6.07) is 11.8. The van der Waals surface area contributed by atoms with Crippen LogP contribution in [0, 0.1) is 11.3 Å². The van der Waals surface area contributed by atoms with Gasteiger partial charge in [-0.1, -0.05) is 0 Å². The molecule has 5 heterocycles. The molecule has 3 aliphatic rings. The van der Waals surface area contributed by atoms with E-state index in [0.717, 1.165) is 57.3 Å². The van der Waals surface area contributed by atoms with Gasteiger partial charge in [0.05, 0.1) is 0 Å². The van der Waals surface area contributed by atoms with E-state index in [4.69, 9.17) is 9.47 Å². The summed E-state index contributed by atoms with van der Waals surface area (Å²) >= 11 is -2.71. The van der Waals surface area contributed by atoms with Crippen molar-refractivity contribution in [3.63, 3.8) is 0 Å². The zero-order valence-electron chi connectivity index (χ0n) is 35.0. The summed E-state index contributed by atoms with van der Waals surface area (Å²) in [7, 11) is 1.68. The molecule has 2 saturated heterocycles. The molecule has 316 valence electrons. The van der Waals surface area contributed by atoms with Gasteiger partial charge in [-0.15, -0.1) is 0 Å². The van der Waals surface area contributed by atoms with Gasteiger partial charge in [0.15, 0.2) is 0 Å². The van der Waals surface area contributed by atoms with E-state index in [0.29, 0.717) is 55.5 Å². The number of amides is 3. The number of methoxy groups -OCH3 is 1. The fourth-order valence-corrected chi connectivity index (χ4v) is 12.5. The Morgan fingerprint density at radius 2 is 1.90 bits per heavy atom. The average Bonchev–Trinajstić information content (AvgIpc) is 3.51. The predicted molar refractivity (Wildman–Crippen MR) is 236 cm³/mol. The number of hydrogen-bond acceptors (Lipinski definition) is 9. The number of likely N-dealkylation sites (tertiary alicyclic amines) is 1. The van der Waals surface area contributed by atoms with Crippen molar-refractivity contribution < 1.29 is 33.8 Å². The third kappa shape index (κ3) is 9.14. The van der Waals surface area contributed by atoms with Gasteiger partial charge in [0, 0.05) is 0 Å². The molecule has 7 rings (SSSR count). The Kier molecular flexibility index (Phi) is 13.0. The van der Waals surface area contributed by atoms with E-state index in [1.165, 1.54) is 5.01 Å². The van der Waals surface area contributed by atoms with E-state index in [2.05, 4.69) is 51.4 Å². The zero-order valence-corrected chi connectivity index (χ0v) is 37.1. The Labute approximate surface area is 353 Å². The normalized spacial score (nSPS) is 20.1. The Morgan fingerprint density at radius 1 is 1.08 bits per heavy atom. The summed E-state index contributed by atoms with van der Waals surface area (Å²) in [6.45, 7) is 12.3. The van der Waals surface area contributed by atoms with Crippen LogP contribution in [0.4, 0.5) is 4.79 Å². The van der Waals surface area contributed by atoms with Crippen LogP contribution < -0.4 is 8.96 Å². The molecule has 2 fully saturated rings. The molecular formula is C45H57IN6O7. The van der Waals surface area contributed by atoms with Crippen LogP contribution in [-0.4, -0.2) is 89.6 Å². The standard InChI is InChI=1S/C45H57IN6O7/c1-7-50-38-13-12-30-23-34(38)35(41(50)36-25-47-16-14-31(36)26-58-6)24-45(4,5)27-59-44(57)46-15-10-18-52(49-46)43(56)37(21-29-19-32(30)22-33(53)20-29)48-42(55)40(28(2)3)51-17-9-8-11-39(51)54/h12-14,16,19-20,22-23,25,28,37,40,49,53H,7-11,15,17-18,21,24,26-27H2,1-6H3,(H,48,55)/t37-,40-/m0/s1. The molecule has 14 heteroatoms. The van der Waals surface area contributed by atoms with Gasteiger partial charge in [-0.3, -0.25) is 0 Å². The molecular weight excluding hydrogens is 863 g/mol. The molecule has 3 aliphatic heterocycles. The number of ether oxygens (including phenoxy) is 2. The molecule has 0 unspecified atom stereocenters. The molecule has 6 bridgehead atoms. The summed E-state index contributed by atoms with van der Waals surface area (Å²) < 4.78 is 17.7. The Hall–Kier alpha value is -4.54. The summed E-state index contributed by atoms with van der Waals surface area (Å²) in [6.07, 6.45) is 6.93. The summed E-state index contributed by atoms with van der Waals surface area (Å²) in [5.74, 6) is -1.01. The first-order chi connectivity index (χ1) is 28.3. The number of aromatic hydroxyl groups is 1. The molecule has 13 nitrogen and oxygen atoms in total. The molecule has 59 heavy (non-hydrogen) atoms. The van der Waals surface area contributed by atoms with Gasteiger partial charge in [-0.05, 0) is 0 Å². The summed E-state index contributed by atoms with van der Waals surface area (Å²) in [5, 5.41) is 16.8. The zero-order chi connectivity index (χ0) is 42.0. The number of nitrogens with one attached hydrogen (secondary N) is 2. The van der Waals surface area contributed by atoms with Crippen LogP contribution in [-0.2, 0) is 49.9 Å². The van der Waals surface area contributed by atoms with Gasteiger partial charge < -0.3 is 0 Å². The number of aryl methyl sites for hydroxylation is 1. The van der Waals surface area contributed by atoms with Crippen molar-refractivity contribution in [3.05, 3.63) is 71.5 Å². The summed E-state index contributed by atoms with van der Waals surface area (Å²) in [4.78, 5) is 61.9. The van der Waals surface area contributed by atoms with Crippen LogP contribution in [0.25, 0.3) is 33.3 Å². The number of carbonyl (C=O) groups excluding carboxylic acids is 4. The molecule has 4 aromatic rings. The van der Waals surface area contributed by atoms with E-state index >= 15 is 0 Å². The second kappa shape index (κ2) is 18.0. The van der Waals surface area contributed by atoms with Crippen LogP contribution in [0.2, 0.25) is 0 Å². The van der Waals surface area contributed by atoms with Crippen LogP contribution in [0.15, 0.2) is 54.9 Å². The number of carbonyl (C=O) groups is 4. The van der Waals surface area contributed by atoms with Gasteiger partial charge >= 0.3 is 355 Å². The average molecular weight is 921 g/mol. The Bertz CT molecular complexity index is 2240. The van der Waals surface area contributed by atoms with Crippen LogP contribution >= 0.6 is 20.1 Å². The molecule has 0 saturated carbocycles. The molecule has 0 aliphatic carbocycles. The van der Waals surface area contributed by atoms with Crippen molar-refractivity contribution >= 4 is 52.7 Å². The number of alkyl halides is 1. The van der Waals surface area contributed by atoms with Crippen LogP contribution in [0.1, 0.15) is 77.0 Å². The monoisotopic (exact) mass is 920 g/mol. The van der Waals surface area contributed by atoms with Gasteiger partial charge in [0.2, 0.25) is 0 Å².